The van der Waals surface area contributed by atoms with Gasteiger partial charge < -0.3 is 4.42 Å². The molecule has 0 radical (unpaired) electrons. The number of hydrogen-bond donors (Lipinski definition) is 0. The van der Waals surface area contributed by atoms with Crippen LogP contribution in [0.5, 0.6) is 0 Å². The number of nitrogens with zero attached hydrogens (tertiary/aromatic N) is 1. The number of likely N-dealkylation sites (tertiary alicyclic amines) is 1. The molecule has 0 N–H and O–H groups in total. The van der Waals surface area contributed by atoms with Gasteiger partial charge in [0.25, 0.3) is 0 Å². The van der Waals surface area contributed by atoms with E-state index in [4.69, 9.17) is 4.42 Å². The van der Waals surface area contributed by atoms with Crippen LogP contribution in [0.4, 0.5) is 0 Å². The molecule has 1 aromatic heterocycles. The molecule has 1 aliphatic rings. The Bertz CT molecular complexity index is 341. The summed E-state index contributed by atoms with van der Waals surface area (Å²) in [7, 11) is 0. The van der Waals surface area contributed by atoms with Gasteiger partial charge in [0.2, 0.25) is 0 Å². The van der Waals surface area contributed by atoms with Crippen LogP contribution >= 0.6 is 0 Å². The summed E-state index contributed by atoms with van der Waals surface area (Å²) in [5, 5.41) is 0. The first-order chi connectivity index (χ1) is 7.08. The molecule has 3 heteroatoms. The number of carbonyl (C=O) groups is 1. The predicted molar refractivity (Wildman–Crippen MR) is 57.4 cm³/mol. The number of Topliss-reactive ketones (excluding diaryl/α,β-unsaturated/α-hetero) is 1. The molecule has 3 nitrogen and oxygen atoms in total. The second-order valence-electron chi connectivity index (χ2n) is 4.85. The monoisotopic (exact) mass is 207 g/mol. The van der Waals surface area contributed by atoms with Gasteiger partial charge in [-0.2, -0.15) is 0 Å². The molecule has 0 saturated carbocycles. The maximum Gasteiger partial charge on any atom is 0.152 e. The van der Waals surface area contributed by atoms with Crippen LogP contribution in [0.2, 0.25) is 0 Å². The van der Waals surface area contributed by atoms with E-state index >= 15 is 0 Å². The Balaban J connectivity index is 1.95. The minimum Gasteiger partial charge on any atom is -0.468 e. The fraction of sp³-hybridized carbons (Fsp3) is 0.583. The van der Waals surface area contributed by atoms with Crippen LogP contribution in [0.15, 0.2) is 22.8 Å². The zero-order valence-electron chi connectivity index (χ0n) is 9.32. The lowest BCUT2D eigenvalue weighted by Gasteiger charge is -2.34. The highest BCUT2D eigenvalue weighted by molar-refractivity contribution is 5.86. The maximum atomic E-state index is 11.8. The summed E-state index contributed by atoms with van der Waals surface area (Å²) in [5.41, 5.74) is -0.139. The smallest absolute Gasteiger partial charge is 0.152 e. The van der Waals surface area contributed by atoms with E-state index in [1.807, 2.05) is 26.0 Å². The fourth-order valence-electron chi connectivity index (χ4n) is 1.83. The van der Waals surface area contributed by atoms with Crippen LogP contribution in [-0.4, -0.2) is 23.8 Å². The predicted octanol–water partition coefficient (Wildman–Crippen LogP) is 2.08. The second-order valence-corrected chi connectivity index (χ2v) is 4.85. The van der Waals surface area contributed by atoms with Crippen molar-refractivity contribution >= 4 is 5.78 Å². The molecule has 0 aromatic carbocycles. The zero-order chi connectivity index (χ0) is 10.9. The standard InChI is InChI=1S/C12H17NO2/c1-12(2)5-6-13(9-11(12)14)8-10-4-3-7-15-10/h3-4,7H,5-6,8-9H2,1-2H3. The van der Waals surface area contributed by atoms with Gasteiger partial charge in [-0.25, -0.2) is 0 Å². The van der Waals surface area contributed by atoms with Crippen LogP contribution in [0, 0.1) is 5.41 Å². The number of ketones is 1. The van der Waals surface area contributed by atoms with Gasteiger partial charge in [0.1, 0.15) is 5.76 Å². The number of rotatable bonds is 2. The second kappa shape index (κ2) is 3.81. The molecule has 82 valence electrons. The van der Waals surface area contributed by atoms with Crippen LogP contribution in [0.1, 0.15) is 26.0 Å². The van der Waals surface area contributed by atoms with Crippen molar-refractivity contribution in [3.63, 3.8) is 0 Å². The normalized spacial score (nSPS) is 21.9. The van der Waals surface area contributed by atoms with Gasteiger partial charge in [0, 0.05) is 12.0 Å². The molecule has 0 bridgehead atoms. The summed E-state index contributed by atoms with van der Waals surface area (Å²) in [6.07, 6.45) is 2.61. The molecule has 1 saturated heterocycles. The molecule has 0 amide bonds. The number of furan rings is 1. The minimum absolute atomic E-state index is 0.139. The van der Waals surface area contributed by atoms with Gasteiger partial charge in [-0.05, 0) is 18.6 Å². The average Bonchev–Trinajstić information content (AvgIpc) is 2.65. The first-order valence-corrected chi connectivity index (χ1v) is 5.36. The highest BCUT2D eigenvalue weighted by atomic mass is 16.3. The molecular formula is C12H17NO2. The van der Waals surface area contributed by atoms with E-state index in [0.717, 1.165) is 25.3 Å². The number of hydrogen-bond acceptors (Lipinski definition) is 3. The van der Waals surface area contributed by atoms with Crippen molar-refractivity contribution in [2.75, 3.05) is 13.1 Å². The van der Waals surface area contributed by atoms with E-state index in [9.17, 15) is 4.79 Å². The lowest BCUT2D eigenvalue weighted by Crippen LogP contribution is -2.44. The molecule has 0 aliphatic carbocycles. The SMILES string of the molecule is CC1(C)CCN(Cc2ccco2)CC1=O. The third kappa shape index (κ3) is 2.29. The molecule has 1 aromatic rings. The van der Waals surface area contributed by atoms with E-state index < -0.39 is 0 Å². The minimum atomic E-state index is -0.139. The van der Waals surface area contributed by atoms with Crippen molar-refractivity contribution < 1.29 is 9.21 Å². The van der Waals surface area contributed by atoms with Crippen molar-refractivity contribution in [1.82, 2.24) is 4.90 Å². The highest BCUT2D eigenvalue weighted by Gasteiger charge is 2.33. The first-order valence-electron chi connectivity index (χ1n) is 5.36. The quantitative estimate of drug-likeness (QED) is 0.744. The number of carbonyl (C=O) groups excluding carboxylic acids is 1. The Hall–Kier alpha value is -1.09. The van der Waals surface area contributed by atoms with Gasteiger partial charge in [-0.3, -0.25) is 9.69 Å². The summed E-state index contributed by atoms with van der Waals surface area (Å²) in [4.78, 5) is 13.9. The summed E-state index contributed by atoms with van der Waals surface area (Å²) < 4.78 is 5.27. The van der Waals surface area contributed by atoms with Crippen molar-refractivity contribution in [2.24, 2.45) is 5.41 Å². The third-order valence-corrected chi connectivity index (χ3v) is 3.13. The molecular weight excluding hydrogens is 190 g/mol. The molecule has 1 aliphatic heterocycles. The summed E-state index contributed by atoms with van der Waals surface area (Å²) >= 11 is 0. The van der Waals surface area contributed by atoms with Gasteiger partial charge in [0.05, 0.1) is 19.4 Å². The van der Waals surface area contributed by atoms with Crippen LogP contribution < -0.4 is 0 Å². The third-order valence-electron chi connectivity index (χ3n) is 3.13. The zero-order valence-corrected chi connectivity index (χ0v) is 9.32. The number of piperidine rings is 1. The Morgan fingerprint density at radius 2 is 2.33 bits per heavy atom. The van der Waals surface area contributed by atoms with E-state index in [2.05, 4.69) is 4.90 Å². The average molecular weight is 207 g/mol. The van der Waals surface area contributed by atoms with Crippen molar-refractivity contribution in [1.29, 1.82) is 0 Å². The molecule has 0 unspecified atom stereocenters. The van der Waals surface area contributed by atoms with Crippen molar-refractivity contribution in [3.05, 3.63) is 24.2 Å². The van der Waals surface area contributed by atoms with E-state index in [0.29, 0.717) is 12.3 Å². The van der Waals surface area contributed by atoms with Crippen LogP contribution in [-0.2, 0) is 11.3 Å². The first kappa shape index (κ1) is 10.4. The summed E-state index contributed by atoms with van der Waals surface area (Å²) in [6.45, 7) is 6.32. The highest BCUT2D eigenvalue weighted by Crippen LogP contribution is 2.27. The van der Waals surface area contributed by atoms with Crippen LogP contribution in [0.3, 0.4) is 0 Å². The van der Waals surface area contributed by atoms with E-state index in [1.165, 1.54) is 0 Å². The summed E-state index contributed by atoms with van der Waals surface area (Å²) in [6, 6.07) is 3.83. The Kier molecular flexibility index (Phi) is 2.65. The van der Waals surface area contributed by atoms with E-state index in [-0.39, 0.29) is 5.41 Å². The van der Waals surface area contributed by atoms with Crippen molar-refractivity contribution in [2.45, 2.75) is 26.8 Å². The Morgan fingerprint density at radius 3 is 2.93 bits per heavy atom. The molecule has 15 heavy (non-hydrogen) atoms. The molecule has 0 spiro atoms. The van der Waals surface area contributed by atoms with Crippen molar-refractivity contribution in [3.8, 4) is 0 Å². The molecule has 2 heterocycles. The fourth-order valence-corrected chi connectivity index (χ4v) is 1.83. The Labute approximate surface area is 90.1 Å². The summed E-state index contributed by atoms with van der Waals surface area (Å²) in [5.74, 6) is 1.27. The van der Waals surface area contributed by atoms with Gasteiger partial charge in [0.15, 0.2) is 5.78 Å². The Morgan fingerprint density at radius 1 is 1.53 bits per heavy atom. The maximum absolute atomic E-state index is 11.8. The lowest BCUT2D eigenvalue weighted by atomic mass is 9.81. The largest absolute Gasteiger partial charge is 0.468 e. The molecule has 0 atom stereocenters. The van der Waals surface area contributed by atoms with E-state index in [1.54, 1.807) is 6.26 Å². The van der Waals surface area contributed by atoms with Crippen LogP contribution in [0.25, 0.3) is 0 Å². The van der Waals surface area contributed by atoms with Gasteiger partial charge in [-0.1, -0.05) is 13.8 Å². The van der Waals surface area contributed by atoms with Gasteiger partial charge in [-0.15, -0.1) is 0 Å². The van der Waals surface area contributed by atoms with Gasteiger partial charge >= 0.3 is 0 Å². The topological polar surface area (TPSA) is 33.5 Å². The molecule has 1 fully saturated rings. The molecule has 2 rings (SSSR count). The lowest BCUT2D eigenvalue weighted by molar-refractivity contribution is -0.132.